The molecule has 2 aromatic rings. The quantitative estimate of drug-likeness (QED) is 0.861. The van der Waals surface area contributed by atoms with Crippen LogP contribution in [0.1, 0.15) is 21.5 Å². The number of methoxy groups -OCH3 is 1. The molecule has 3 nitrogen and oxygen atoms in total. The molecule has 0 aliphatic rings. The molecule has 0 saturated heterocycles. The van der Waals surface area contributed by atoms with Crippen molar-refractivity contribution in [2.24, 2.45) is 0 Å². The van der Waals surface area contributed by atoms with Crippen molar-refractivity contribution < 1.29 is 13.9 Å². The maximum Gasteiger partial charge on any atom is 0.339 e. The third kappa shape index (κ3) is 3.73. The number of carbonyl (C=O) groups is 1. The highest BCUT2D eigenvalue weighted by Crippen LogP contribution is 2.21. The van der Waals surface area contributed by atoms with Crippen LogP contribution in [0.3, 0.4) is 0 Å². The molecule has 5 heteroatoms. The van der Waals surface area contributed by atoms with E-state index in [-0.39, 0.29) is 0 Å². The molecular weight excluding hydrogens is 293 g/mol. The monoisotopic (exact) mass is 307 g/mol. The molecule has 0 aliphatic carbocycles. The maximum absolute atomic E-state index is 13.4. The predicted molar refractivity (Wildman–Crippen MR) is 81.3 cm³/mol. The second-order valence-corrected chi connectivity index (χ2v) is 5.04. The van der Waals surface area contributed by atoms with Crippen LogP contribution in [0.25, 0.3) is 0 Å². The van der Waals surface area contributed by atoms with E-state index in [0.29, 0.717) is 22.8 Å². The van der Waals surface area contributed by atoms with Crippen molar-refractivity contribution in [3.8, 4) is 0 Å². The normalized spacial score (nSPS) is 10.3. The van der Waals surface area contributed by atoms with Crippen molar-refractivity contribution in [2.45, 2.75) is 13.5 Å². The molecule has 21 heavy (non-hydrogen) atoms. The van der Waals surface area contributed by atoms with Crippen molar-refractivity contribution in [1.82, 2.24) is 0 Å². The Hall–Kier alpha value is -2.07. The zero-order chi connectivity index (χ0) is 15.4. The van der Waals surface area contributed by atoms with Crippen LogP contribution in [0.4, 0.5) is 10.1 Å². The molecule has 0 saturated carbocycles. The number of halogens is 2. The van der Waals surface area contributed by atoms with Crippen LogP contribution in [0.15, 0.2) is 36.4 Å². The van der Waals surface area contributed by atoms with Crippen molar-refractivity contribution in [1.29, 1.82) is 0 Å². The van der Waals surface area contributed by atoms with E-state index >= 15 is 0 Å². The number of aryl methyl sites for hydroxylation is 1. The fourth-order valence-electron chi connectivity index (χ4n) is 2.00. The van der Waals surface area contributed by atoms with E-state index in [9.17, 15) is 9.18 Å². The van der Waals surface area contributed by atoms with Gasteiger partial charge in [0.05, 0.1) is 18.4 Å². The smallest absolute Gasteiger partial charge is 0.339 e. The number of hydrogen-bond donors (Lipinski definition) is 1. The first-order valence-corrected chi connectivity index (χ1v) is 6.76. The molecule has 0 unspecified atom stereocenters. The van der Waals surface area contributed by atoms with Gasteiger partial charge >= 0.3 is 5.97 Å². The molecule has 0 atom stereocenters. The first-order chi connectivity index (χ1) is 10.0. The highest BCUT2D eigenvalue weighted by atomic mass is 35.5. The Morgan fingerprint density at radius 2 is 2.05 bits per heavy atom. The van der Waals surface area contributed by atoms with E-state index < -0.39 is 11.8 Å². The minimum Gasteiger partial charge on any atom is -0.465 e. The van der Waals surface area contributed by atoms with Crippen molar-refractivity contribution >= 4 is 23.3 Å². The predicted octanol–water partition coefficient (Wildman–Crippen LogP) is 4.19. The van der Waals surface area contributed by atoms with E-state index in [4.69, 9.17) is 11.6 Å². The second-order valence-electron chi connectivity index (χ2n) is 4.61. The summed E-state index contributed by atoms with van der Waals surface area (Å²) in [6.07, 6.45) is 0. The number of hydrogen-bond acceptors (Lipinski definition) is 3. The van der Waals surface area contributed by atoms with Crippen molar-refractivity contribution in [2.75, 3.05) is 12.4 Å². The molecule has 0 heterocycles. The molecule has 0 amide bonds. The Labute approximate surface area is 127 Å². The fourth-order valence-corrected chi connectivity index (χ4v) is 2.23. The van der Waals surface area contributed by atoms with Crippen LogP contribution >= 0.6 is 11.6 Å². The van der Waals surface area contributed by atoms with Gasteiger partial charge in [0.1, 0.15) is 5.82 Å². The lowest BCUT2D eigenvalue weighted by Gasteiger charge is -2.12. The maximum atomic E-state index is 13.4. The molecule has 2 aromatic carbocycles. The van der Waals surface area contributed by atoms with Gasteiger partial charge in [-0.15, -0.1) is 0 Å². The summed E-state index contributed by atoms with van der Waals surface area (Å²) in [5, 5.41) is 3.73. The van der Waals surface area contributed by atoms with Crippen LogP contribution in [-0.4, -0.2) is 13.1 Å². The minimum atomic E-state index is -0.509. The Morgan fingerprint density at radius 1 is 1.29 bits per heavy atom. The molecule has 0 fully saturated rings. The third-order valence-electron chi connectivity index (χ3n) is 3.16. The van der Waals surface area contributed by atoms with Crippen molar-refractivity contribution in [3.05, 3.63) is 63.9 Å². The summed E-state index contributed by atoms with van der Waals surface area (Å²) in [5.74, 6) is -0.927. The molecule has 0 spiro atoms. The van der Waals surface area contributed by atoms with Gasteiger partial charge in [-0.3, -0.25) is 0 Å². The van der Waals surface area contributed by atoms with Gasteiger partial charge in [0.15, 0.2) is 0 Å². The summed E-state index contributed by atoms with van der Waals surface area (Å²) < 4.78 is 18.1. The molecule has 0 radical (unpaired) electrons. The van der Waals surface area contributed by atoms with E-state index in [1.165, 1.54) is 25.3 Å². The summed E-state index contributed by atoms with van der Waals surface area (Å²) in [4.78, 5) is 11.7. The average molecular weight is 308 g/mol. The van der Waals surface area contributed by atoms with Gasteiger partial charge in [-0.25, -0.2) is 9.18 Å². The van der Waals surface area contributed by atoms with Crippen LogP contribution < -0.4 is 5.32 Å². The van der Waals surface area contributed by atoms with E-state index in [0.717, 1.165) is 11.1 Å². The van der Waals surface area contributed by atoms with E-state index in [2.05, 4.69) is 10.1 Å². The van der Waals surface area contributed by atoms with Crippen LogP contribution in [0.2, 0.25) is 5.02 Å². The second kappa shape index (κ2) is 6.59. The van der Waals surface area contributed by atoms with Gasteiger partial charge < -0.3 is 10.1 Å². The SMILES string of the molecule is COC(=O)c1ccc(F)cc1NCc1ccc(Cl)cc1C. The molecule has 110 valence electrons. The van der Waals surface area contributed by atoms with E-state index in [1.54, 1.807) is 6.07 Å². The van der Waals surface area contributed by atoms with E-state index in [1.807, 2.05) is 19.1 Å². The molecule has 0 bridgehead atoms. The highest BCUT2D eigenvalue weighted by molar-refractivity contribution is 6.30. The number of anilines is 1. The van der Waals surface area contributed by atoms with Gasteiger partial charge in [0.2, 0.25) is 0 Å². The molecule has 0 aromatic heterocycles. The summed E-state index contributed by atoms with van der Waals surface area (Å²) in [6, 6.07) is 9.44. The number of carbonyl (C=O) groups excluding carboxylic acids is 1. The first kappa shape index (κ1) is 15.3. The minimum absolute atomic E-state index is 0.297. The summed E-state index contributed by atoms with van der Waals surface area (Å²) in [6.45, 7) is 2.39. The number of esters is 1. The molecule has 2 rings (SSSR count). The Morgan fingerprint density at radius 3 is 2.71 bits per heavy atom. The van der Waals surface area contributed by atoms with Crippen LogP contribution in [-0.2, 0) is 11.3 Å². The summed E-state index contributed by atoms with van der Waals surface area (Å²) >= 11 is 5.91. The first-order valence-electron chi connectivity index (χ1n) is 6.38. The Balaban J connectivity index is 2.23. The third-order valence-corrected chi connectivity index (χ3v) is 3.40. The van der Waals surface area contributed by atoms with Crippen LogP contribution in [0.5, 0.6) is 0 Å². The Bertz CT molecular complexity index is 673. The zero-order valence-corrected chi connectivity index (χ0v) is 12.5. The number of ether oxygens (including phenoxy) is 1. The lowest BCUT2D eigenvalue weighted by atomic mass is 10.1. The topological polar surface area (TPSA) is 38.3 Å². The van der Waals surface area contributed by atoms with Crippen molar-refractivity contribution in [3.63, 3.8) is 0 Å². The largest absolute Gasteiger partial charge is 0.465 e. The Kier molecular flexibility index (Phi) is 4.81. The lowest BCUT2D eigenvalue weighted by molar-refractivity contribution is 0.0602. The average Bonchev–Trinajstić information content (AvgIpc) is 2.45. The summed E-state index contributed by atoms with van der Waals surface area (Å²) in [5.41, 5.74) is 2.73. The van der Waals surface area contributed by atoms with Gasteiger partial charge in [-0.1, -0.05) is 17.7 Å². The number of rotatable bonds is 4. The molecule has 0 aliphatic heterocycles. The zero-order valence-electron chi connectivity index (χ0n) is 11.7. The fraction of sp³-hybridized carbons (Fsp3) is 0.188. The number of benzene rings is 2. The molecule has 1 N–H and O–H groups in total. The molecular formula is C16H15ClFNO2. The van der Waals surface area contributed by atoms with Gasteiger partial charge in [-0.2, -0.15) is 0 Å². The standard InChI is InChI=1S/C16H15ClFNO2/c1-10-7-12(17)4-3-11(10)9-19-15-8-13(18)5-6-14(15)16(20)21-2/h3-8,19H,9H2,1-2H3. The van der Waals surface area contributed by atoms with Gasteiger partial charge in [-0.05, 0) is 48.4 Å². The van der Waals surface area contributed by atoms with Crippen LogP contribution in [0, 0.1) is 12.7 Å². The summed E-state index contributed by atoms with van der Waals surface area (Å²) in [7, 11) is 1.29. The number of nitrogens with one attached hydrogen (secondary N) is 1. The highest BCUT2D eigenvalue weighted by Gasteiger charge is 2.12. The lowest BCUT2D eigenvalue weighted by Crippen LogP contribution is -2.09. The van der Waals surface area contributed by atoms with Gasteiger partial charge in [0, 0.05) is 11.6 Å². The van der Waals surface area contributed by atoms with Gasteiger partial charge in [0.25, 0.3) is 0 Å².